The van der Waals surface area contributed by atoms with Crippen LogP contribution in [-0.2, 0) is 9.84 Å². The normalized spacial score (nSPS) is 11.5. The Hall–Kier alpha value is -1.88. The van der Waals surface area contributed by atoms with Crippen molar-refractivity contribution in [3.63, 3.8) is 0 Å². The van der Waals surface area contributed by atoms with Crippen molar-refractivity contribution in [3.8, 4) is 5.75 Å². The molecule has 0 aromatic heterocycles. The second-order valence-corrected chi connectivity index (χ2v) is 7.28. The number of ether oxygens (including phenoxy) is 1. The van der Waals surface area contributed by atoms with Crippen LogP contribution in [0.25, 0.3) is 10.8 Å². The van der Waals surface area contributed by atoms with Gasteiger partial charge in [-0.15, -0.1) is 0 Å². The highest BCUT2D eigenvalue weighted by Crippen LogP contribution is 2.30. The molecule has 0 unspecified atom stereocenters. The van der Waals surface area contributed by atoms with Crippen LogP contribution in [0.4, 0.5) is 0 Å². The summed E-state index contributed by atoms with van der Waals surface area (Å²) in [5.74, 6) is 0.399. The summed E-state index contributed by atoms with van der Waals surface area (Å²) < 4.78 is 28.7. The Kier molecular flexibility index (Phi) is 4.63. The summed E-state index contributed by atoms with van der Waals surface area (Å²) in [6, 6.07) is 11.1. The van der Waals surface area contributed by atoms with E-state index in [1.807, 2.05) is 30.3 Å². The minimum Gasteiger partial charge on any atom is -0.491 e. The van der Waals surface area contributed by atoms with Crippen molar-refractivity contribution < 1.29 is 17.9 Å². The van der Waals surface area contributed by atoms with E-state index in [-0.39, 0.29) is 23.9 Å². The highest BCUT2D eigenvalue weighted by molar-refractivity contribution is 7.91. The average Bonchev–Trinajstić information content (AvgIpc) is 2.47. The summed E-state index contributed by atoms with van der Waals surface area (Å²) in [5.41, 5.74) is 0.475. The van der Waals surface area contributed by atoms with Gasteiger partial charge in [-0.05, 0) is 18.4 Å². The molecule has 4 nitrogen and oxygen atoms in total. The van der Waals surface area contributed by atoms with Gasteiger partial charge in [0.05, 0.1) is 11.3 Å². The van der Waals surface area contributed by atoms with Crippen LogP contribution in [0.3, 0.4) is 0 Å². The van der Waals surface area contributed by atoms with Crippen LogP contribution in [0.5, 0.6) is 5.75 Å². The Bertz CT molecular complexity index is 763. The third kappa shape index (κ3) is 3.61. The van der Waals surface area contributed by atoms with Gasteiger partial charge in [-0.2, -0.15) is 0 Å². The number of sulfone groups is 1. The number of benzene rings is 2. The van der Waals surface area contributed by atoms with E-state index in [1.54, 1.807) is 13.0 Å². The topological polar surface area (TPSA) is 60.4 Å². The molecule has 0 saturated carbocycles. The van der Waals surface area contributed by atoms with Gasteiger partial charge in [0, 0.05) is 11.1 Å². The molecule has 2 rings (SSSR count). The molecule has 0 radical (unpaired) electrons. The SMILES string of the molecule is CCS(=O)(=O)CCOc1c(C(C)=O)ccc2ccccc12. The number of ketones is 1. The van der Waals surface area contributed by atoms with Gasteiger partial charge in [0.1, 0.15) is 12.4 Å². The van der Waals surface area contributed by atoms with Crippen molar-refractivity contribution in [2.24, 2.45) is 0 Å². The molecule has 0 heterocycles. The van der Waals surface area contributed by atoms with Crippen LogP contribution in [0.1, 0.15) is 24.2 Å². The lowest BCUT2D eigenvalue weighted by molar-refractivity contribution is 0.101. The molecule has 0 aliphatic heterocycles. The zero-order valence-corrected chi connectivity index (χ0v) is 12.9. The summed E-state index contributed by atoms with van der Waals surface area (Å²) in [5, 5.41) is 1.77. The zero-order chi connectivity index (χ0) is 15.5. The largest absolute Gasteiger partial charge is 0.491 e. The van der Waals surface area contributed by atoms with E-state index in [1.165, 1.54) is 6.92 Å². The second kappa shape index (κ2) is 6.26. The fourth-order valence-electron chi connectivity index (χ4n) is 2.09. The van der Waals surface area contributed by atoms with Crippen molar-refractivity contribution in [1.82, 2.24) is 0 Å². The third-order valence-electron chi connectivity index (χ3n) is 3.34. The first-order valence-electron chi connectivity index (χ1n) is 6.80. The van der Waals surface area contributed by atoms with E-state index in [9.17, 15) is 13.2 Å². The number of hydrogen-bond donors (Lipinski definition) is 0. The van der Waals surface area contributed by atoms with E-state index in [4.69, 9.17) is 4.74 Å². The molecule has 0 bridgehead atoms. The maximum atomic E-state index is 11.7. The standard InChI is InChI=1S/C16H18O4S/c1-3-21(18,19)11-10-20-16-14(12(2)17)9-8-13-6-4-5-7-15(13)16/h4-9H,3,10-11H2,1-2H3. The molecule has 0 aliphatic rings. The lowest BCUT2D eigenvalue weighted by Gasteiger charge is -2.13. The minimum absolute atomic E-state index is 0.0461. The quantitative estimate of drug-likeness (QED) is 0.770. The van der Waals surface area contributed by atoms with Gasteiger partial charge in [0.2, 0.25) is 0 Å². The van der Waals surface area contributed by atoms with Crippen molar-refractivity contribution >= 4 is 26.4 Å². The van der Waals surface area contributed by atoms with Gasteiger partial charge in [-0.1, -0.05) is 37.3 Å². The predicted octanol–water partition coefficient (Wildman–Crippen LogP) is 2.86. The molecule has 0 spiro atoms. The first-order valence-corrected chi connectivity index (χ1v) is 8.62. The van der Waals surface area contributed by atoms with E-state index in [0.29, 0.717) is 11.3 Å². The van der Waals surface area contributed by atoms with Crippen molar-refractivity contribution in [2.75, 3.05) is 18.1 Å². The molecule has 112 valence electrons. The Labute approximate surface area is 124 Å². The molecule has 0 amide bonds. The number of rotatable bonds is 6. The predicted molar refractivity (Wildman–Crippen MR) is 83.8 cm³/mol. The Morgan fingerprint density at radius 2 is 1.86 bits per heavy atom. The number of carbonyl (C=O) groups excluding carboxylic acids is 1. The third-order valence-corrected chi connectivity index (χ3v) is 5.01. The molecular weight excluding hydrogens is 288 g/mol. The molecule has 0 atom stereocenters. The van der Waals surface area contributed by atoms with Gasteiger partial charge in [-0.25, -0.2) is 8.42 Å². The number of carbonyl (C=O) groups is 1. The van der Waals surface area contributed by atoms with Gasteiger partial charge in [0.25, 0.3) is 0 Å². The fourth-order valence-corrected chi connectivity index (χ4v) is 2.72. The van der Waals surface area contributed by atoms with Crippen LogP contribution < -0.4 is 4.74 Å². The lowest BCUT2D eigenvalue weighted by atomic mass is 10.0. The molecule has 0 fully saturated rings. The molecule has 0 aliphatic carbocycles. The Morgan fingerprint density at radius 3 is 2.52 bits per heavy atom. The van der Waals surface area contributed by atoms with E-state index in [0.717, 1.165) is 10.8 Å². The molecular formula is C16H18O4S. The summed E-state index contributed by atoms with van der Waals surface area (Å²) in [4.78, 5) is 11.7. The van der Waals surface area contributed by atoms with Gasteiger partial charge >= 0.3 is 0 Å². The Morgan fingerprint density at radius 1 is 1.14 bits per heavy atom. The van der Waals surface area contributed by atoms with Gasteiger partial charge in [0.15, 0.2) is 15.6 Å². The fraction of sp³-hybridized carbons (Fsp3) is 0.312. The summed E-state index contributed by atoms with van der Waals surface area (Å²) in [7, 11) is -3.09. The molecule has 21 heavy (non-hydrogen) atoms. The van der Waals surface area contributed by atoms with Crippen molar-refractivity contribution in [2.45, 2.75) is 13.8 Å². The van der Waals surface area contributed by atoms with Crippen molar-refractivity contribution in [3.05, 3.63) is 42.0 Å². The number of Topliss-reactive ketones (excluding diaryl/α,β-unsaturated/α-hetero) is 1. The van der Waals surface area contributed by atoms with E-state index < -0.39 is 9.84 Å². The number of hydrogen-bond acceptors (Lipinski definition) is 4. The summed E-state index contributed by atoms with van der Waals surface area (Å²) >= 11 is 0. The van der Waals surface area contributed by atoms with Crippen LogP contribution in [-0.4, -0.2) is 32.3 Å². The molecule has 0 saturated heterocycles. The van der Waals surface area contributed by atoms with Crippen molar-refractivity contribution in [1.29, 1.82) is 0 Å². The summed E-state index contributed by atoms with van der Waals surface area (Å²) in [6.45, 7) is 3.12. The molecule has 5 heteroatoms. The van der Waals surface area contributed by atoms with Crippen LogP contribution in [0, 0.1) is 0 Å². The first-order chi connectivity index (χ1) is 9.94. The number of fused-ring (bicyclic) bond motifs is 1. The highest BCUT2D eigenvalue weighted by Gasteiger charge is 2.14. The zero-order valence-electron chi connectivity index (χ0n) is 12.1. The highest BCUT2D eigenvalue weighted by atomic mass is 32.2. The lowest BCUT2D eigenvalue weighted by Crippen LogP contribution is -2.16. The van der Waals surface area contributed by atoms with Gasteiger partial charge in [-0.3, -0.25) is 4.79 Å². The van der Waals surface area contributed by atoms with Crippen LogP contribution in [0.15, 0.2) is 36.4 Å². The Balaban J connectivity index is 2.36. The van der Waals surface area contributed by atoms with Crippen LogP contribution in [0.2, 0.25) is 0 Å². The average molecular weight is 306 g/mol. The van der Waals surface area contributed by atoms with E-state index in [2.05, 4.69) is 0 Å². The second-order valence-electron chi connectivity index (χ2n) is 4.80. The first kappa shape index (κ1) is 15.5. The maximum absolute atomic E-state index is 11.7. The molecule has 2 aromatic rings. The summed E-state index contributed by atoms with van der Waals surface area (Å²) in [6.07, 6.45) is 0. The monoisotopic (exact) mass is 306 g/mol. The van der Waals surface area contributed by atoms with E-state index >= 15 is 0 Å². The molecule has 2 aromatic carbocycles. The maximum Gasteiger partial charge on any atom is 0.163 e. The molecule has 0 N–H and O–H groups in total. The van der Waals surface area contributed by atoms with Crippen LogP contribution >= 0.6 is 0 Å². The van der Waals surface area contributed by atoms with Gasteiger partial charge < -0.3 is 4.74 Å². The smallest absolute Gasteiger partial charge is 0.163 e. The minimum atomic E-state index is -3.09.